The maximum absolute atomic E-state index is 11.5. The van der Waals surface area contributed by atoms with Crippen LogP contribution in [-0.4, -0.2) is 10.8 Å². The molecule has 2 heteroatoms. The number of hydrogen-bond acceptors (Lipinski definition) is 2. The van der Waals surface area contributed by atoms with Crippen LogP contribution in [0.2, 0.25) is 0 Å². The topological polar surface area (TPSA) is 30.0 Å². The van der Waals surface area contributed by atoms with E-state index >= 15 is 0 Å². The Labute approximate surface area is 79.0 Å². The molecular weight excluding hydrogens is 162 g/mol. The molecular formula is C11H15NO. The zero-order valence-corrected chi connectivity index (χ0v) is 8.21. The second-order valence-electron chi connectivity index (χ2n) is 3.28. The Bertz CT molecular complexity index is 294. The second-order valence-corrected chi connectivity index (χ2v) is 3.28. The Morgan fingerprint density at radius 1 is 1.46 bits per heavy atom. The van der Waals surface area contributed by atoms with E-state index in [1.54, 1.807) is 12.4 Å². The zero-order valence-electron chi connectivity index (χ0n) is 8.21. The zero-order chi connectivity index (χ0) is 9.68. The third kappa shape index (κ3) is 2.98. The number of hydrogen-bond donors (Lipinski definition) is 0. The molecule has 0 atom stereocenters. The van der Waals surface area contributed by atoms with Crippen molar-refractivity contribution in [2.24, 2.45) is 0 Å². The van der Waals surface area contributed by atoms with Gasteiger partial charge in [-0.1, -0.05) is 13.3 Å². The number of rotatable bonds is 4. The molecule has 0 aromatic carbocycles. The SMILES string of the molecule is CCCCC(=O)c1cncc(C)c1. The molecule has 0 saturated carbocycles. The van der Waals surface area contributed by atoms with Crippen molar-refractivity contribution in [1.82, 2.24) is 4.98 Å². The van der Waals surface area contributed by atoms with Gasteiger partial charge in [0.2, 0.25) is 0 Å². The normalized spacial score (nSPS) is 10.0. The van der Waals surface area contributed by atoms with Gasteiger partial charge in [-0.15, -0.1) is 0 Å². The minimum atomic E-state index is 0.207. The summed E-state index contributed by atoms with van der Waals surface area (Å²) in [5.41, 5.74) is 1.79. The van der Waals surface area contributed by atoms with Gasteiger partial charge in [-0.05, 0) is 25.0 Å². The molecule has 0 fully saturated rings. The van der Waals surface area contributed by atoms with Gasteiger partial charge in [0.15, 0.2) is 5.78 Å². The van der Waals surface area contributed by atoms with E-state index in [-0.39, 0.29) is 5.78 Å². The molecule has 0 bridgehead atoms. The van der Waals surface area contributed by atoms with Crippen molar-refractivity contribution in [3.05, 3.63) is 29.6 Å². The summed E-state index contributed by atoms with van der Waals surface area (Å²) >= 11 is 0. The maximum Gasteiger partial charge on any atom is 0.164 e. The molecule has 0 amide bonds. The van der Waals surface area contributed by atoms with Gasteiger partial charge in [-0.25, -0.2) is 0 Å². The van der Waals surface area contributed by atoms with Gasteiger partial charge in [0, 0.05) is 24.4 Å². The van der Waals surface area contributed by atoms with Crippen LogP contribution in [0.4, 0.5) is 0 Å². The third-order valence-corrected chi connectivity index (χ3v) is 1.95. The van der Waals surface area contributed by atoms with Crippen molar-refractivity contribution < 1.29 is 4.79 Å². The van der Waals surface area contributed by atoms with Crippen LogP contribution in [0.5, 0.6) is 0 Å². The molecule has 0 aliphatic heterocycles. The highest BCUT2D eigenvalue weighted by Crippen LogP contribution is 2.07. The van der Waals surface area contributed by atoms with Gasteiger partial charge >= 0.3 is 0 Å². The molecule has 0 N–H and O–H groups in total. The van der Waals surface area contributed by atoms with Crippen LogP contribution in [0.1, 0.15) is 42.1 Å². The second kappa shape index (κ2) is 4.75. The molecule has 13 heavy (non-hydrogen) atoms. The minimum absolute atomic E-state index is 0.207. The van der Waals surface area contributed by atoms with Crippen LogP contribution in [0.3, 0.4) is 0 Å². The number of nitrogens with zero attached hydrogens (tertiary/aromatic N) is 1. The summed E-state index contributed by atoms with van der Waals surface area (Å²) in [6, 6.07) is 1.89. The molecule has 0 saturated heterocycles. The largest absolute Gasteiger partial charge is 0.294 e. The number of aryl methyl sites for hydroxylation is 1. The molecule has 70 valence electrons. The van der Waals surface area contributed by atoms with Gasteiger partial charge in [-0.2, -0.15) is 0 Å². The van der Waals surface area contributed by atoms with E-state index in [4.69, 9.17) is 0 Å². The number of Topliss-reactive ketones (excluding diaryl/α,β-unsaturated/α-hetero) is 1. The summed E-state index contributed by atoms with van der Waals surface area (Å²) in [6.45, 7) is 4.03. The van der Waals surface area contributed by atoms with E-state index in [0.717, 1.165) is 24.0 Å². The highest BCUT2D eigenvalue weighted by Gasteiger charge is 2.04. The van der Waals surface area contributed by atoms with Crippen LogP contribution in [0, 0.1) is 6.92 Å². The predicted octanol–water partition coefficient (Wildman–Crippen LogP) is 2.76. The minimum Gasteiger partial charge on any atom is -0.294 e. The lowest BCUT2D eigenvalue weighted by molar-refractivity contribution is 0.0979. The van der Waals surface area contributed by atoms with Gasteiger partial charge in [-0.3, -0.25) is 9.78 Å². The van der Waals surface area contributed by atoms with Crippen molar-refractivity contribution >= 4 is 5.78 Å². The molecule has 2 nitrogen and oxygen atoms in total. The third-order valence-electron chi connectivity index (χ3n) is 1.95. The van der Waals surface area contributed by atoms with E-state index in [1.807, 2.05) is 13.0 Å². The monoisotopic (exact) mass is 177 g/mol. The molecule has 0 aliphatic carbocycles. The smallest absolute Gasteiger partial charge is 0.164 e. The fraction of sp³-hybridized carbons (Fsp3) is 0.455. The molecule has 1 aromatic rings. The first-order valence-electron chi connectivity index (χ1n) is 4.69. The average Bonchev–Trinajstić information content (AvgIpc) is 2.14. The number of carbonyl (C=O) groups is 1. The highest BCUT2D eigenvalue weighted by molar-refractivity contribution is 5.95. The van der Waals surface area contributed by atoms with E-state index in [1.165, 1.54) is 0 Å². The summed E-state index contributed by atoms with van der Waals surface area (Å²) in [5.74, 6) is 0.207. The maximum atomic E-state index is 11.5. The van der Waals surface area contributed by atoms with Crippen molar-refractivity contribution in [3.63, 3.8) is 0 Å². The fourth-order valence-electron chi connectivity index (χ4n) is 1.19. The lowest BCUT2D eigenvalue weighted by Crippen LogP contribution is -1.99. The first-order chi connectivity index (χ1) is 6.24. The Kier molecular flexibility index (Phi) is 3.62. The Morgan fingerprint density at radius 2 is 2.23 bits per heavy atom. The average molecular weight is 177 g/mol. The lowest BCUT2D eigenvalue weighted by atomic mass is 10.1. The Balaban J connectivity index is 2.66. The van der Waals surface area contributed by atoms with Crippen molar-refractivity contribution in [2.45, 2.75) is 33.1 Å². The van der Waals surface area contributed by atoms with Crippen LogP contribution < -0.4 is 0 Å². The Hall–Kier alpha value is -1.18. The molecule has 0 spiro atoms. The standard InChI is InChI=1S/C11H15NO/c1-3-4-5-11(13)10-6-9(2)7-12-8-10/h6-8H,3-5H2,1-2H3. The van der Waals surface area contributed by atoms with Crippen LogP contribution in [0.15, 0.2) is 18.5 Å². The number of pyridine rings is 1. The number of ketones is 1. The first-order valence-corrected chi connectivity index (χ1v) is 4.69. The van der Waals surface area contributed by atoms with E-state index in [2.05, 4.69) is 11.9 Å². The van der Waals surface area contributed by atoms with E-state index in [0.29, 0.717) is 6.42 Å². The van der Waals surface area contributed by atoms with Gasteiger partial charge < -0.3 is 0 Å². The summed E-state index contributed by atoms with van der Waals surface area (Å²) in [6.07, 6.45) is 6.07. The summed E-state index contributed by atoms with van der Waals surface area (Å²) in [4.78, 5) is 15.5. The van der Waals surface area contributed by atoms with Gasteiger partial charge in [0.25, 0.3) is 0 Å². The number of aromatic nitrogens is 1. The summed E-state index contributed by atoms with van der Waals surface area (Å²) < 4.78 is 0. The fourth-order valence-corrected chi connectivity index (χ4v) is 1.19. The van der Waals surface area contributed by atoms with Crippen LogP contribution in [0.25, 0.3) is 0 Å². The van der Waals surface area contributed by atoms with E-state index < -0.39 is 0 Å². The summed E-state index contributed by atoms with van der Waals surface area (Å²) in [7, 11) is 0. The van der Waals surface area contributed by atoms with Crippen molar-refractivity contribution in [1.29, 1.82) is 0 Å². The molecule has 0 radical (unpaired) electrons. The highest BCUT2D eigenvalue weighted by atomic mass is 16.1. The summed E-state index contributed by atoms with van der Waals surface area (Å²) in [5, 5.41) is 0. The number of carbonyl (C=O) groups excluding carboxylic acids is 1. The van der Waals surface area contributed by atoms with Crippen molar-refractivity contribution in [3.8, 4) is 0 Å². The molecule has 0 unspecified atom stereocenters. The van der Waals surface area contributed by atoms with Crippen LogP contribution in [-0.2, 0) is 0 Å². The molecule has 0 aliphatic rings. The van der Waals surface area contributed by atoms with E-state index in [9.17, 15) is 4.79 Å². The molecule has 1 rings (SSSR count). The van der Waals surface area contributed by atoms with Gasteiger partial charge in [0.05, 0.1) is 0 Å². The molecule has 1 heterocycles. The number of unbranched alkanes of at least 4 members (excludes halogenated alkanes) is 1. The Morgan fingerprint density at radius 3 is 2.85 bits per heavy atom. The lowest BCUT2D eigenvalue weighted by Gasteiger charge is -1.99. The molecule has 1 aromatic heterocycles. The van der Waals surface area contributed by atoms with Crippen molar-refractivity contribution in [2.75, 3.05) is 0 Å². The first kappa shape index (κ1) is 9.90. The van der Waals surface area contributed by atoms with Crippen LogP contribution >= 0.6 is 0 Å². The predicted molar refractivity (Wildman–Crippen MR) is 52.8 cm³/mol. The van der Waals surface area contributed by atoms with Gasteiger partial charge in [0.1, 0.15) is 0 Å². The quantitative estimate of drug-likeness (QED) is 0.662.